The highest BCUT2D eigenvalue weighted by Gasteiger charge is 2.38. The van der Waals surface area contributed by atoms with E-state index in [1.165, 1.54) is 6.07 Å². The van der Waals surface area contributed by atoms with Gasteiger partial charge >= 0.3 is 0 Å². The largest absolute Gasteiger partial charge is 0.497 e. The number of rotatable bonds is 6. The van der Waals surface area contributed by atoms with Crippen LogP contribution in [0.15, 0.2) is 65.7 Å². The number of carbonyl (C=O) groups excluding carboxylic acids is 1. The lowest BCUT2D eigenvalue weighted by Crippen LogP contribution is -2.55. The lowest BCUT2D eigenvalue weighted by atomic mass is 9.95. The minimum atomic E-state index is -0.419. The molecule has 2 heterocycles. The number of hydrogen-bond donors (Lipinski definition) is 0. The first-order valence-electron chi connectivity index (χ1n) is 12.8. The molecular weight excluding hydrogens is 483 g/mol. The molecular formula is C30H33FN4O3. The van der Waals surface area contributed by atoms with E-state index in [1.54, 1.807) is 27.2 Å². The first-order chi connectivity index (χ1) is 18.4. The molecule has 3 aromatic carbocycles. The van der Waals surface area contributed by atoms with Crippen molar-refractivity contribution in [2.45, 2.75) is 26.3 Å². The number of para-hydroxylation sites is 1. The Morgan fingerprint density at radius 3 is 2.42 bits per heavy atom. The molecule has 0 saturated carbocycles. The molecule has 0 amide bonds. The Balaban J connectivity index is 1.56. The number of anilines is 2. The number of fused-ring (bicyclic) bond motifs is 1. The van der Waals surface area contributed by atoms with Gasteiger partial charge in [-0.3, -0.25) is 4.79 Å². The van der Waals surface area contributed by atoms with E-state index in [4.69, 9.17) is 14.5 Å². The second kappa shape index (κ2) is 10.7. The number of ketones is 1. The summed E-state index contributed by atoms with van der Waals surface area (Å²) in [5.74, 6) is 1.75. The third-order valence-corrected chi connectivity index (χ3v) is 7.17. The molecule has 7 nitrogen and oxygen atoms in total. The highest BCUT2D eigenvalue weighted by atomic mass is 19.1. The molecule has 2 aliphatic heterocycles. The summed E-state index contributed by atoms with van der Waals surface area (Å²) in [4.78, 5) is 24.0. The Bertz CT molecular complexity index is 1370. The average Bonchev–Trinajstić information content (AvgIpc) is 2.93. The van der Waals surface area contributed by atoms with Crippen LogP contribution in [0.2, 0.25) is 0 Å². The normalized spacial score (nSPS) is 17.1. The van der Waals surface area contributed by atoms with E-state index in [2.05, 4.69) is 20.8 Å². The summed E-state index contributed by atoms with van der Waals surface area (Å²) in [6, 6.07) is 18.5. The second-order valence-electron chi connectivity index (χ2n) is 9.73. The van der Waals surface area contributed by atoms with Gasteiger partial charge < -0.3 is 24.2 Å². The topological polar surface area (TPSA) is 57.6 Å². The summed E-state index contributed by atoms with van der Waals surface area (Å²) in [5, 5.41) is 0. The predicted octanol–water partition coefficient (Wildman–Crippen LogP) is 5.50. The number of Topliss-reactive ketones (excluding diaryl/α,β-unsaturated/α-hetero) is 1. The van der Waals surface area contributed by atoms with Gasteiger partial charge in [0.15, 0.2) is 0 Å². The maximum absolute atomic E-state index is 15.1. The number of methoxy groups -OCH3 is 2. The first-order valence-corrected chi connectivity index (χ1v) is 12.8. The Morgan fingerprint density at radius 1 is 0.974 bits per heavy atom. The number of guanidine groups is 1. The van der Waals surface area contributed by atoms with Crippen LogP contribution in [0.5, 0.6) is 11.5 Å². The molecule has 0 aliphatic carbocycles. The molecule has 0 bridgehead atoms. The first kappa shape index (κ1) is 25.6. The molecule has 0 aromatic heterocycles. The van der Waals surface area contributed by atoms with E-state index in [0.29, 0.717) is 36.0 Å². The van der Waals surface area contributed by atoms with Crippen molar-refractivity contribution >= 4 is 28.8 Å². The zero-order valence-electron chi connectivity index (χ0n) is 22.3. The molecule has 0 N–H and O–H groups in total. The van der Waals surface area contributed by atoms with Crippen molar-refractivity contribution in [1.29, 1.82) is 0 Å². The van der Waals surface area contributed by atoms with Gasteiger partial charge in [-0.2, -0.15) is 0 Å². The minimum absolute atomic E-state index is 0.0194. The molecule has 8 heteroatoms. The fraction of sp³-hybridized carbons (Fsp3) is 0.333. The highest BCUT2D eigenvalue weighted by molar-refractivity contribution is 6.02. The van der Waals surface area contributed by atoms with Gasteiger partial charge in [0, 0.05) is 49.9 Å². The number of piperazine rings is 1. The minimum Gasteiger partial charge on any atom is -0.497 e. The summed E-state index contributed by atoms with van der Waals surface area (Å²) in [6.45, 7) is 6.46. The second-order valence-corrected chi connectivity index (χ2v) is 9.73. The molecule has 198 valence electrons. The third-order valence-electron chi connectivity index (χ3n) is 7.17. The maximum atomic E-state index is 15.1. The van der Waals surface area contributed by atoms with Crippen molar-refractivity contribution in [3.05, 3.63) is 77.6 Å². The lowest BCUT2D eigenvalue weighted by Gasteiger charge is -2.45. The van der Waals surface area contributed by atoms with Crippen LogP contribution in [0.3, 0.4) is 0 Å². The molecule has 0 spiro atoms. The average molecular weight is 517 g/mol. The fourth-order valence-corrected chi connectivity index (χ4v) is 5.28. The van der Waals surface area contributed by atoms with Gasteiger partial charge in [0.2, 0.25) is 5.96 Å². The van der Waals surface area contributed by atoms with Gasteiger partial charge in [-0.05, 0) is 49.7 Å². The van der Waals surface area contributed by atoms with Crippen LogP contribution in [0.25, 0.3) is 0 Å². The van der Waals surface area contributed by atoms with E-state index in [9.17, 15) is 4.79 Å². The van der Waals surface area contributed by atoms with Crippen LogP contribution in [0.4, 0.5) is 21.5 Å². The van der Waals surface area contributed by atoms with Crippen molar-refractivity contribution in [2.75, 3.05) is 50.2 Å². The number of halogens is 1. The Hall–Kier alpha value is -4.07. The maximum Gasteiger partial charge on any atom is 0.207 e. The van der Waals surface area contributed by atoms with Crippen LogP contribution >= 0.6 is 0 Å². The molecule has 1 fully saturated rings. The molecule has 2 aliphatic rings. The van der Waals surface area contributed by atoms with Crippen molar-refractivity contribution in [2.24, 2.45) is 4.99 Å². The predicted molar refractivity (Wildman–Crippen MR) is 149 cm³/mol. The van der Waals surface area contributed by atoms with Gasteiger partial charge in [-0.25, -0.2) is 9.38 Å². The van der Waals surface area contributed by atoms with Gasteiger partial charge in [-0.1, -0.05) is 24.3 Å². The van der Waals surface area contributed by atoms with Gasteiger partial charge in [-0.15, -0.1) is 0 Å². The van der Waals surface area contributed by atoms with Crippen molar-refractivity contribution in [3.63, 3.8) is 0 Å². The van der Waals surface area contributed by atoms with Crippen molar-refractivity contribution in [1.82, 2.24) is 4.90 Å². The zero-order chi connectivity index (χ0) is 26.8. The number of aliphatic imine (C=N–C) groups is 1. The van der Waals surface area contributed by atoms with E-state index in [1.807, 2.05) is 49.4 Å². The van der Waals surface area contributed by atoms with Crippen LogP contribution in [-0.4, -0.2) is 57.0 Å². The number of hydrogen-bond acceptors (Lipinski definition) is 7. The number of carbonyl (C=O) groups is 1. The summed E-state index contributed by atoms with van der Waals surface area (Å²) >= 11 is 0. The van der Waals surface area contributed by atoms with Crippen LogP contribution in [0.1, 0.15) is 30.5 Å². The highest BCUT2D eigenvalue weighted by Crippen LogP contribution is 2.44. The van der Waals surface area contributed by atoms with Gasteiger partial charge in [0.1, 0.15) is 28.8 Å². The lowest BCUT2D eigenvalue weighted by molar-refractivity contribution is -0.117. The van der Waals surface area contributed by atoms with Crippen LogP contribution in [0, 0.1) is 12.7 Å². The number of aryl methyl sites for hydroxylation is 1. The zero-order valence-corrected chi connectivity index (χ0v) is 22.3. The van der Waals surface area contributed by atoms with Gasteiger partial charge in [0.05, 0.1) is 25.9 Å². The number of ether oxygens (including phenoxy) is 2. The number of benzene rings is 3. The molecule has 38 heavy (non-hydrogen) atoms. The van der Waals surface area contributed by atoms with E-state index < -0.39 is 6.04 Å². The Morgan fingerprint density at radius 2 is 1.71 bits per heavy atom. The number of nitrogens with zero attached hydrogens (tertiary/aromatic N) is 4. The van der Waals surface area contributed by atoms with Crippen molar-refractivity contribution < 1.29 is 18.7 Å². The molecule has 1 atom stereocenters. The quantitative estimate of drug-likeness (QED) is 0.431. The van der Waals surface area contributed by atoms with Crippen LogP contribution in [-0.2, 0) is 4.79 Å². The Labute approximate surface area is 223 Å². The summed E-state index contributed by atoms with van der Waals surface area (Å²) < 4.78 is 26.3. The van der Waals surface area contributed by atoms with E-state index in [-0.39, 0.29) is 18.0 Å². The summed E-state index contributed by atoms with van der Waals surface area (Å²) in [6.07, 6.45) is 0.219. The summed E-state index contributed by atoms with van der Waals surface area (Å²) in [7, 11) is 3.30. The molecule has 0 radical (unpaired) electrons. The molecule has 0 unspecified atom stereocenters. The van der Waals surface area contributed by atoms with Gasteiger partial charge in [0.25, 0.3) is 0 Å². The third kappa shape index (κ3) is 4.90. The monoisotopic (exact) mass is 516 g/mol. The summed E-state index contributed by atoms with van der Waals surface area (Å²) in [5.41, 5.74) is 3.95. The fourth-order valence-electron chi connectivity index (χ4n) is 5.28. The van der Waals surface area contributed by atoms with E-state index >= 15 is 4.39 Å². The van der Waals surface area contributed by atoms with Crippen molar-refractivity contribution in [3.8, 4) is 11.5 Å². The molecule has 1 saturated heterocycles. The van der Waals surface area contributed by atoms with Crippen LogP contribution < -0.4 is 19.3 Å². The SMILES string of the molecule is COc1cccc(N2CCN(C3=Nc4c(F)cccc4[C@H](CC(C)=O)N3c3cc(C)ccc3OC)CC2)c1. The molecule has 3 aromatic rings. The Kier molecular flexibility index (Phi) is 7.22. The smallest absolute Gasteiger partial charge is 0.207 e. The standard InChI is InChI=1S/C30H33FN4O3/c1-20-11-12-28(38-4)27(17-20)35-26(18-21(2)36)24-9-6-10-25(31)29(24)32-30(35)34-15-13-33(14-16-34)22-7-5-8-23(19-22)37-3/h5-12,17,19,26H,13-16,18H2,1-4H3/t26-/m0/s1. The molecule has 5 rings (SSSR count). The van der Waals surface area contributed by atoms with E-state index in [0.717, 1.165) is 35.8 Å².